The highest BCUT2D eigenvalue weighted by molar-refractivity contribution is 6.32. The molecule has 4 rings (SSSR count). The highest BCUT2D eigenvalue weighted by Gasteiger charge is 2.27. The smallest absolute Gasteiger partial charge is 0.251 e. The van der Waals surface area contributed by atoms with Crippen molar-refractivity contribution in [3.05, 3.63) is 74.2 Å². The predicted octanol–water partition coefficient (Wildman–Crippen LogP) is 3.92. The van der Waals surface area contributed by atoms with E-state index >= 15 is 0 Å². The molecule has 2 aromatic rings. The number of halogens is 1. The summed E-state index contributed by atoms with van der Waals surface area (Å²) in [5.74, 6) is 0.454. The van der Waals surface area contributed by atoms with Crippen molar-refractivity contribution >= 4 is 23.1 Å². The van der Waals surface area contributed by atoms with Crippen LogP contribution in [0.3, 0.4) is 0 Å². The minimum absolute atomic E-state index is 0.0328. The molecule has 2 aliphatic rings. The van der Waals surface area contributed by atoms with Crippen LogP contribution in [0.4, 0.5) is 0 Å². The van der Waals surface area contributed by atoms with E-state index in [0.29, 0.717) is 17.4 Å². The van der Waals surface area contributed by atoms with Crippen molar-refractivity contribution in [2.45, 2.75) is 44.6 Å². The molecular formula is C21H21ClN2O2. The number of carbonyl (C=O) groups is 1. The third-order valence-electron chi connectivity index (χ3n) is 5.06. The third-order valence-corrected chi connectivity index (χ3v) is 5.37. The third kappa shape index (κ3) is 3.47. The number of benzene rings is 1. The fourth-order valence-electron chi connectivity index (χ4n) is 3.48. The van der Waals surface area contributed by atoms with Crippen LogP contribution in [-0.2, 0) is 4.79 Å². The fourth-order valence-corrected chi connectivity index (χ4v) is 3.82. The molecule has 1 aromatic heterocycles. The van der Waals surface area contributed by atoms with Gasteiger partial charge in [0.25, 0.3) is 5.56 Å². The minimum atomic E-state index is -0.0542. The fraction of sp³-hybridized carbons (Fsp3) is 0.333. The summed E-state index contributed by atoms with van der Waals surface area (Å²) in [6.07, 6.45) is 5.44. The van der Waals surface area contributed by atoms with Crippen molar-refractivity contribution in [1.29, 1.82) is 0 Å². The second kappa shape index (κ2) is 6.76. The molecule has 1 saturated carbocycles. The Balaban J connectivity index is 1.79. The van der Waals surface area contributed by atoms with Crippen molar-refractivity contribution < 1.29 is 4.79 Å². The number of aromatic nitrogens is 1. The lowest BCUT2D eigenvalue weighted by molar-refractivity contribution is -0.119. The predicted molar refractivity (Wildman–Crippen MR) is 103 cm³/mol. The van der Waals surface area contributed by atoms with Crippen LogP contribution in [0, 0.1) is 6.92 Å². The van der Waals surface area contributed by atoms with Gasteiger partial charge in [-0.1, -0.05) is 35.9 Å². The van der Waals surface area contributed by atoms with E-state index in [4.69, 9.17) is 11.6 Å². The number of nitrogens with one attached hydrogen (secondary N) is 2. The SMILES string of the molecule is Cc1ccc(/C(=C/[C@H]2CCC(=O)N2)c2ccc(C3CC3)c(=O)[nH]2)c(Cl)c1. The van der Waals surface area contributed by atoms with Crippen LogP contribution < -0.4 is 10.9 Å². The number of hydrogen-bond acceptors (Lipinski definition) is 2. The van der Waals surface area contributed by atoms with Gasteiger partial charge in [0, 0.05) is 39.9 Å². The van der Waals surface area contributed by atoms with Crippen LogP contribution in [0.15, 0.2) is 41.2 Å². The molecule has 0 radical (unpaired) electrons. The highest BCUT2D eigenvalue weighted by Crippen LogP contribution is 2.38. The molecule has 4 nitrogen and oxygen atoms in total. The highest BCUT2D eigenvalue weighted by atomic mass is 35.5. The zero-order valence-electron chi connectivity index (χ0n) is 14.6. The first-order valence-corrected chi connectivity index (χ1v) is 9.40. The summed E-state index contributed by atoms with van der Waals surface area (Å²) < 4.78 is 0. The summed E-state index contributed by atoms with van der Waals surface area (Å²) in [4.78, 5) is 27.1. The number of H-pyrrole nitrogens is 1. The lowest BCUT2D eigenvalue weighted by Crippen LogP contribution is -2.23. The Morgan fingerprint density at radius 2 is 1.96 bits per heavy atom. The second-order valence-corrected chi connectivity index (χ2v) is 7.61. The molecule has 2 heterocycles. The first-order chi connectivity index (χ1) is 12.5. The Morgan fingerprint density at radius 1 is 1.15 bits per heavy atom. The van der Waals surface area contributed by atoms with Crippen LogP contribution >= 0.6 is 11.6 Å². The van der Waals surface area contributed by atoms with E-state index in [-0.39, 0.29) is 17.5 Å². The molecule has 1 amide bonds. The van der Waals surface area contributed by atoms with Crippen molar-refractivity contribution in [3.63, 3.8) is 0 Å². The molecule has 0 unspecified atom stereocenters. The van der Waals surface area contributed by atoms with Crippen molar-refractivity contribution in [2.75, 3.05) is 0 Å². The first-order valence-electron chi connectivity index (χ1n) is 9.02. The van der Waals surface area contributed by atoms with Gasteiger partial charge in [0.05, 0.1) is 0 Å². The second-order valence-electron chi connectivity index (χ2n) is 7.21. The Morgan fingerprint density at radius 3 is 2.58 bits per heavy atom. The van der Waals surface area contributed by atoms with E-state index in [2.05, 4.69) is 10.3 Å². The van der Waals surface area contributed by atoms with Gasteiger partial charge in [0.15, 0.2) is 0 Å². The summed E-state index contributed by atoms with van der Waals surface area (Å²) in [5.41, 5.74) is 4.33. The van der Waals surface area contributed by atoms with Gasteiger partial charge in [0.2, 0.25) is 5.91 Å². The number of rotatable bonds is 4. The topological polar surface area (TPSA) is 62.0 Å². The maximum atomic E-state index is 12.5. The van der Waals surface area contributed by atoms with Crippen LogP contribution in [0.25, 0.3) is 5.57 Å². The van der Waals surface area contributed by atoms with Crippen LogP contribution in [0.1, 0.15) is 54.0 Å². The molecule has 5 heteroatoms. The van der Waals surface area contributed by atoms with Crippen LogP contribution in [0.5, 0.6) is 0 Å². The first kappa shape index (κ1) is 17.1. The normalized spacial score (nSPS) is 20.3. The van der Waals surface area contributed by atoms with Gasteiger partial charge in [0.1, 0.15) is 0 Å². The van der Waals surface area contributed by atoms with E-state index in [1.165, 1.54) is 0 Å². The van der Waals surface area contributed by atoms with Gasteiger partial charge in [-0.15, -0.1) is 0 Å². The van der Waals surface area contributed by atoms with E-state index in [9.17, 15) is 9.59 Å². The lowest BCUT2D eigenvalue weighted by atomic mass is 9.97. The monoisotopic (exact) mass is 368 g/mol. The van der Waals surface area contributed by atoms with Gasteiger partial charge in [-0.3, -0.25) is 9.59 Å². The molecule has 1 aliphatic heterocycles. The average Bonchev–Trinajstić information content (AvgIpc) is 3.35. The summed E-state index contributed by atoms with van der Waals surface area (Å²) in [6, 6.07) is 9.70. The lowest BCUT2D eigenvalue weighted by Gasteiger charge is -2.14. The number of carbonyl (C=O) groups excluding carboxylic acids is 1. The largest absolute Gasteiger partial charge is 0.350 e. The Hall–Kier alpha value is -2.33. The number of aromatic amines is 1. The van der Waals surface area contributed by atoms with Gasteiger partial charge < -0.3 is 10.3 Å². The van der Waals surface area contributed by atoms with Crippen molar-refractivity contribution in [1.82, 2.24) is 10.3 Å². The molecule has 1 saturated heterocycles. The Kier molecular flexibility index (Phi) is 4.45. The minimum Gasteiger partial charge on any atom is -0.350 e. The number of pyridine rings is 1. The Labute approximate surface area is 157 Å². The van der Waals surface area contributed by atoms with E-state index in [0.717, 1.165) is 47.2 Å². The molecule has 134 valence electrons. The van der Waals surface area contributed by atoms with Gasteiger partial charge in [-0.2, -0.15) is 0 Å². The molecule has 0 bridgehead atoms. The maximum absolute atomic E-state index is 12.5. The van der Waals surface area contributed by atoms with E-state index < -0.39 is 0 Å². The summed E-state index contributed by atoms with van der Waals surface area (Å²) in [5, 5.41) is 3.59. The van der Waals surface area contributed by atoms with Crippen molar-refractivity contribution in [3.8, 4) is 0 Å². The van der Waals surface area contributed by atoms with Crippen LogP contribution in [-0.4, -0.2) is 16.9 Å². The Bertz CT molecular complexity index is 957. The molecule has 1 aliphatic carbocycles. The number of amides is 1. The molecule has 0 spiro atoms. The zero-order valence-corrected chi connectivity index (χ0v) is 15.4. The quantitative estimate of drug-likeness (QED) is 0.859. The molecule has 1 atom stereocenters. The summed E-state index contributed by atoms with van der Waals surface area (Å²) in [6.45, 7) is 1.99. The summed E-state index contributed by atoms with van der Waals surface area (Å²) >= 11 is 6.50. The molecule has 1 aromatic carbocycles. The van der Waals surface area contributed by atoms with E-state index in [1.807, 2.05) is 43.3 Å². The standard InChI is InChI=1S/C21H21ClN2O2/c1-12-2-6-16(18(22)10-12)17(11-14-5-9-20(25)23-14)19-8-7-15(13-3-4-13)21(26)24-19/h2,6-8,10-11,13-14H,3-5,9H2,1H3,(H,23,25)(H,24,26)/b17-11-/t14-/m1/s1. The molecule has 2 fully saturated rings. The molecular weight excluding hydrogens is 348 g/mol. The number of aryl methyl sites for hydroxylation is 1. The van der Waals surface area contributed by atoms with Gasteiger partial charge >= 0.3 is 0 Å². The van der Waals surface area contributed by atoms with E-state index in [1.54, 1.807) is 0 Å². The average molecular weight is 369 g/mol. The molecule has 26 heavy (non-hydrogen) atoms. The van der Waals surface area contributed by atoms with Gasteiger partial charge in [-0.25, -0.2) is 0 Å². The van der Waals surface area contributed by atoms with Crippen LogP contribution in [0.2, 0.25) is 5.02 Å². The molecule has 2 N–H and O–H groups in total. The van der Waals surface area contributed by atoms with Crippen molar-refractivity contribution in [2.24, 2.45) is 0 Å². The summed E-state index contributed by atoms with van der Waals surface area (Å²) in [7, 11) is 0. The maximum Gasteiger partial charge on any atom is 0.251 e. The number of hydrogen-bond donors (Lipinski definition) is 2. The van der Waals surface area contributed by atoms with Gasteiger partial charge in [-0.05, 0) is 49.8 Å². The zero-order chi connectivity index (χ0) is 18.3.